The number of nitrogens with one attached hydrogen (secondary N) is 1. The Morgan fingerprint density at radius 2 is 2.19 bits per heavy atom. The van der Waals surface area contributed by atoms with Crippen LogP contribution in [0.25, 0.3) is 0 Å². The molecule has 0 aromatic carbocycles. The maximum absolute atomic E-state index is 13.5. The van der Waals surface area contributed by atoms with Crippen molar-refractivity contribution in [1.82, 2.24) is 10.2 Å². The van der Waals surface area contributed by atoms with E-state index in [1.54, 1.807) is 11.3 Å². The molecule has 5 heteroatoms. The van der Waals surface area contributed by atoms with Gasteiger partial charge in [0.05, 0.1) is 6.54 Å². The average Bonchev–Trinajstić information content (AvgIpc) is 3.20. The summed E-state index contributed by atoms with van der Waals surface area (Å²) in [5.74, 6) is 2.87. The lowest BCUT2D eigenvalue weighted by molar-refractivity contribution is -0.132. The highest BCUT2D eigenvalue weighted by Gasteiger charge is 2.67. The minimum Gasteiger partial charge on any atom is -0.349 e. The molecule has 5 rings (SSSR count). The predicted molar refractivity (Wildman–Crippen MR) is 112 cm³/mol. The summed E-state index contributed by atoms with van der Waals surface area (Å²) >= 11 is 1.70. The zero-order valence-corrected chi connectivity index (χ0v) is 17.8. The molecular formula is C22H33N3OS. The molecule has 1 saturated heterocycles. The quantitative estimate of drug-likeness (QED) is 0.773. The SMILES string of the molecule is CC(C)CC1C2C=NC3(C(=O)NCc4cccs4)C(C2)CN(CC(C)C)C13. The third kappa shape index (κ3) is 3.27. The van der Waals surface area contributed by atoms with Crippen LogP contribution in [-0.4, -0.2) is 41.7 Å². The summed E-state index contributed by atoms with van der Waals surface area (Å²) in [5.41, 5.74) is -0.569. The average molecular weight is 388 g/mol. The molecule has 5 unspecified atom stereocenters. The van der Waals surface area contributed by atoms with Gasteiger partial charge in [-0.1, -0.05) is 33.8 Å². The summed E-state index contributed by atoms with van der Waals surface area (Å²) in [6.07, 6.45) is 4.45. The molecule has 4 nitrogen and oxygen atoms in total. The topological polar surface area (TPSA) is 44.7 Å². The van der Waals surface area contributed by atoms with Crippen LogP contribution in [0.1, 0.15) is 45.4 Å². The van der Waals surface area contributed by atoms with E-state index < -0.39 is 5.54 Å². The number of nitrogens with zero attached hydrogens (tertiary/aromatic N) is 2. The van der Waals surface area contributed by atoms with Crippen LogP contribution in [0.3, 0.4) is 0 Å². The van der Waals surface area contributed by atoms with E-state index in [2.05, 4.69) is 55.6 Å². The van der Waals surface area contributed by atoms with Crippen LogP contribution in [0, 0.1) is 29.6 Å². The third-order valence-electron chi connectivity index (χ3n) is 6.62. The van der Waals surface area contributed by atoms with Gasteiger partial charge in [-0.15, -0.1) is 11.3 Å². The largest absolute Gasteiger partial charge is 0.349 e. The van der Waals surface area contributed by atoms with Crippen LogP contribution in [-0.2, 0) is 11.3 Å². The van der Waals surface area contributed by atoms with E-state index >= 15 is 0 Å². The number of hydrogen-bond donors (Lipinski definition) is 1. The first kappa shape index (κ1) is 19.1. The number of rotatable bonds is 7. The Balaban J connectivity index is 1.63. The fraction of sp³-hybridized carbons (Fsp3) is 0.727. The van der Waals surface area contributed by atoms with Gasteiger partial charge in [-0.25, -0.2) is 0 Å². The molecule has 5 atom stereocenters. The standard InChI is InChI=1S/C22H33N3OS/c1-14(2)8-19-16-9-17-13-25(12-15(3)4)20(19)22(17,24-10-16)21(26)23-11-18-6-5-7-27-18/h5-7,10,14-17,19-20H,8-9,11-13H2,1-4H3,(H,23,26). The number of likely N-dealkylation sites (tertiary alicyclic amines) is 1. The summed E-state index contributed by atoms with van der Waals surface area (Å²) in [5, 5.41) is 5.32. The lowest BCUT2D eigenvalue weighted by Gasteiger charge is -2.51. The van der Waals surface area contributed by atoms with Crippen molar-refractivity contribution >= 4 is 23.5 Å². The van der Waals surface area contributed by atoms with Gasteiger partial charge in [0.1, 0.15) is 0 Å². The molecule has 4 aliphatic rings. The molecule has 2 fully saturated rings. The molecule has 1 saturated carbocycles. The highest BCUT2D eigenvalue weighted by Crippen LogP contribution is 2.55. The monoisotopic (exact) mass is 387 g/mol. The van der Waals surface area contributed by atoms with Crippen molar-refractivity contribution in [2.24, 2.45) is 34.6 Å². The first-order valence-corrected chi connectivity index (χ1v) is 11.4. The first-order chi connectivity index (χ1) is 12.9. The lowest BCUT2D eigenvalue weighted by Crippen LogP contribution is -2.65. The molecule has 1 aliphatic carbocycles. The molecule has 1 N–H and O–H groups in total. The fourth-order valence-electron chi connectivity index (χ4n) is 5.82. The third-order valence-corrected chi connectivity index (χ3v) is 7.50. The van der Waals surface area contributed by atoms with Gasteiger partial charge in [0.15, 0.2) is 5.54 Å². The zero-order valence-electron chi connectivity index (χ0n) is 17.0. The van der Waals surface area contributed by atoms with Crippen molar-refractivity contribution in [2.45, 2.75) is 58.7 Å². The van der Waals surface area contributed by atoms with Crippen LogP contribution in [0.2, 0.25) is 0 Å². The van der Waals surface area contributed by atoms with Crippen LogP contribution < -0.4 is 5.32 Å². The molecule has 4 bridgehead atoms. The van der Waals surface area contributed by atoms with Crippen molar-refractivity contribution in [2.75, 3.05) is 13.1 Å². The van der Waals surface area contributed by atoms with Crippen molar-refractivity contribution in [3.63, 3.8) is 0 Å². The van der Waals surface area contributed by atoms with Gasteiger partial charge in [-0.3, -0.25) is 14.7 Å². The summed E-state index contributed by atoms with van der Waals surface area (Å²) in [4.78, 5) is 22.4. The Morgan fingerprint density at radius 1 is 1.37 bits per heavy atom. The van der Waals surface area contributed by atoms with Gasteiger partial charge in [0, 0.05) is 36.1 Å². The molecule has 27 heavy (non-hydrogen) atoms. The molecule has 148 valence electrons. The van der Waals surface area contributed by atoms with Gasteiger partial charge < -0.3 is 5.32 Å². The van der Waals surface area contributed by atoms with Crippen LogP contribution in [0.15, 0.2) is 22.5 Å². The lowest BCUT2D eigenvalue weighted by atomic mass is 9.59. The molecule has 3 aliphatic heterocycles. The number of carbonyl (C=O) groups is 1. The van der Waals surface area contributed by atoms with E-state index in [1.807, 2.05) is 6.07 Å². The minimum absolute atomic E-state index is 0.153. The molecular weight excluding hydrogens is 354 g/mol. The van der Waals surface area contributed by atoms with Crippen LogP contribution >= 0.6 is 11.3 Å². The second-order valence-corrected chi connectivity index (χ2v) is 10.6. The Kier molecular flexibility index (Phi) is 5.19. The van der Waals surface area contributed by atoms with Crippen molar-refractivity contribution in [1.29, 1.82) is 0 Å². The molecule has 0 radical (unpaired) electrons. The van der Waals surface area contributed by atoms with E-state index in [0.29, 0.717) is 36.1 Å². The summed E-state index contributed by atoms with van der Waals surface area (Å²) in [7, 11) is 0. The van der Waals surface area contributed by atoms with Gasteiger partial charge in [-0.05, 0) is 48.0 Å². The van der Waals surface area contributed by atoms with Crippen molar-refractivity contribution in [3.05, 3.63) is 22.4 Å². The van der Waals surface area contributed by atoms with Crippen LogP contribution in [0.5, 0.6) is 0 Å². The van der Waals surface area contributed by atoms with E-state index in [-0.39, 0.29) is 11.9 Å². The second kappa shape index (κ2) is 7.32. The summed E-state index contributed by atoms with van der Waals surface area (Å²) < 4.78 is 0. The number of amides is 1. The molecule has 0 spiro atoms. The zero-order chi connectivity index (χ0) is 19.2. The van der Waals surface area contributed by atoms with E-state index in [9.17, 15) is 4.79 Å². The highest BCUT2D eigenvalue weighted by atomic mass is 32.1. The molecule has 4 heterocycles. The highest BCUT2D eigenvalue weighted by molar-refractivity contribution is 7.09. The predicted octanol–water partition coefficient (Wildman–Crippen LogP) is 3.83. The number of hydrogen-bond acceptors (Lipinski definition) is 4. The number of carbonyl (C=O) groups excluding carboxylic acids is 1. The Bertz CT molecular complexity index is 698. The first-order valence-electron chi connectivity index (χ1n) is 10.5. The Hall–Kier alpha value is -1.20. The fourth-order valence-corrected chi connectivity index (χ4v) is 6.47. The minimum atomic E-state index is -0.569. The number of aliphatic imine (C=N–C) groups is 1. The van der Waals surface area contributed by atoms with Gasteiger partial charge in [-0.2, -0.15) is 0 Å². The molecule has 1 aromatic heterocycles. The Labute approximate surface area is 167 Å². The van der Waals surface area contributed by atoms with Gasteiger partial charge in [0.2, 0.25) is 5.91 Å². The Morgan fingerprint density at radius 3 is 2.85 bits per heavy atom. The maximum atomic E-state index is 13.5. The van der Waals surface area contributed by atoms with Gasteiger partial charge >= 0.3 is 0 Å². The summed E-state index contributed by atoms with van der Waals surface area (Å²) in [6, 6.07) is 4.39. The van der Waals surface area contributed by atoms with E-state index in [1.165, 1.54) is 11.3 Å². The molecule has 1 amide bonds. The van der Waals surface area contributed by atoms with Crippen molar-refractivity contribution < 1.29 is 4.79 Å². The van der Waals surface area contributed by atoms with E-state index in [4.69, 9.17) is 4.99 Å². The maximum Gasteiger partial charge on any atom is 0.250 e. The second-order valence-electron chi connectivity index (χ2n) is 9.55. The number of thiophene rings is 1. The summed E-state index contributed by atoms with van der Waals surface area (Å²) in [6.45, 7) is 11.9. The smallest absolute Gasteiger partial charge is 0.250 e. The van der Waals surface area contributed by atoms with Gasteiger partial charge in [0.25, 0.3) is 0 Å². The van der Waals surface area contributed by atoms with Crippen molar-refractivity contribution in [3.8, 4) is 0 Å². The van der Waals surface area contributed by atoms with Crippen LogP contribution in [0.4, 0.5) is 0 Å². The molecule has 1 aromatic rings. The normalized spacial score (nSPS) is 34.7. The van der Waals surface area contributed by atoms with E-state index in [0.717, 1.165) is 19.5 Å².